The van der Waals surface area contributed by atoms with E-state index in [2.05, 4.69) is 20.8 Å². The summed E-state index contributed by atoms with van der Waals surface area (Å²) in [4.78, 5) is 16.0. The van der Waals surface area contributed by atoms with Gasteiger partial charge in [0, 0.05) is 6.54 Å². The Kier molecular flexibility index (Phi) is 4.29. The van der Waals surface area contributed by atoms with Gasteiger partial charge in [0.2, 0.25) is 0 Å². The minimum Gasteiger partial charge on any atom is -0.382 e. The summed E-state index contributed by atoms with van der Waals surface area (Å²) in [6.07, 6.45) is 0.818. The van der Waals surface area contributed by atoms with E-state index in [0.29, 0.717) is 12.4 Å². The fraction of sp³-hybridized carbons (Fsp3) is 0.308. The molecule has 1 aromatic carbocycles. The first-order valence-corrected chi connectivity index (χ1v) is 6.26. The highest BCUT2D eigenvalue weighted by atomic mass is 19.1. The van der Waals surface area contributed by atoms with Crippen LogP contribution in [0.25, 0.3) is 0 Å². The number of benzene rings is 1. The smallest absolute Gasteiger partial charge is 0.328 e. The van der Waals surface area contributed by atoms with E-state index in [1.54, 1.807) is 6.92 Å². The zero-order valence-electron chi connectivity index (χ0n) is 11.2. The molecule has 1 heterocycles. The van der Waals surface area contributed by atoms with Crippen LogP contribution in [0.3, 0.4) is 0 Å². The van der Waals surface area contributed by atoms with Crippen molar-refractivity contribution in [2.45, 2.75) is 20.3 Å². The third-order valence-electron chi connectivity index (χ3n) is 2.56. The lowest BCUT2D eigenvalue weighted by atomic mass is 10.1. The molecule has 0 bridgehead atoms. The van der Waals surface area contributed by atoms with Crippen molar-refractivity contribution in [1.82, 2.24) is 10.1 Å². The minimum atomic E-state index is -0.508. The highest BCUT2D eigenvalue weighted by molar-refractivity contribution is 6.07. The maximum absolute atomic E-state index is 13.8. The Hall–Kier alpha value is -2.44. The van der Waals surface area contributed by atoms with E-state index < -0.39 is 11.7 Å². The van der Waals surface area contributed by atoms with Gasteiger partial charge in [-0.05, 0) is 25.5 Å². The zero-order valence-corrected chi connectivity index (χ0v) is 11.2. The van der Waals surface area contributed by atoms with Crippen molar-refractivity contribution in [2.24, 2.45) is 0 Å². The second-order valence-electron chi connectivity index (χ2n) is 4.19. The third-order valence-corrected chi connectivity index (χ3v) is 2.56. The monoisotopic (exact) mass is 278 g/mol. The molecule has 0 aliphatic carbocycles. The van der Waals surface area contributed by atoms with Crippen LogP contribution < -0.4 is 10.6 Å². The Morgan fingerprint density at radius 1 is 1.45 bits per heavy atom. The first kappa shape index (κ1) is 14.0. The summed E-state index contributed by atoms with van der Waals surface area (Å²) in [7, 11) is 0. The molecule has 0 unspecified atom stereocenters. The lowest BCUT2D eigenvalue weighted by Gasteiger charge is -2.11. The molecular formula is C13H15FN4O2. The van der Waals surface area contributed by atoms with Gasteiger partial charge in [0.1, 0.15) is 5.82 Å². The van der Waals surface area contributed by atoms with E-state index >= 15 is 0 Å². The summed E-state index contributed by atoms with van der Waals surface area (Å²) in [5, 5.41) is 8.90. The van der Waals surface area contributed by atoms with Crippen LogP contribution in [-0.2, 0) is 0 Å². The number of anilines is 2. The Morgan fingerprint density at radius 2 is 2.25 bits per heavy atom. The summed E-state index contributed by atoms with van der Waals surface area (Å²) in [5.41, 5.74) is 0.359. The van der Waals surface area contributed by atoms with E-state index in [1.165, 1.54) is 18.2 Å². The fourth-order valence-corrected chi connectivity index (χ4v) is 1.66. The number of amides is 1. The normalized spacial score (nSPS) is 10.3. The molecule has 0 atom stereocenters. The molecular weight excluding hydrogens is 263 g/mol. The van der Waals surface area contributed by atoms with Gasteiger partial charge >= 0.3 is 6.01 Å². The molecule has 20 heavy (non-hydrogen) atoms. The van der Waals surface area contributed by atoms with Crippen molar-refractivity contribution in [1.29, 1.82) is 0 Å². The molecule has 2 N–H and O–H groups in total. The first-order chi connectivity index (χ1) is 9.61. The molecule has 0 aliphatic rings. The Labute approximate surface area is 115 Å². The van der Waals surface area contributed by atoms with Crippen LogP contribution in [-0.4, -0.2) is 22.6 Å². The molecule has 1 aromatic heterocycles. The standard InChI is InChI=1S/C13H15FN4O2/c1-3-7-15-11-9(5-4-6-10(11)14)12(19)17-13-16-8(2)18-20-13/h4-6,15H,3,7H2,1-2H3,(H,16,17,18,19). The second kappa shape index (κ2) is 6.14. The predicted octanol–water partition coefficient (Wildman–Crippen LogP) is 2.59. The molecule has 1 amide bonds. The topological polar surface area (TPSA) is 80.0 Å². The van der Waals surface area contributed by atoms with Crippen LogP contribution in [0.5, 0.6) is 0 Å². The molecule has 0 saturated carbocycles. The van der Waals surface area contributed by atoms with Gasteiger partial charge in [0.05, 0.1) is 11.3 Å². The Morgan fingerprint density at radius 3 is 2.90 bits per heavy atom. The first-order valence-electron chi connectivity index (χ1n) is 6.26. The van der Waals surface area contributed by atoms with E-state index in [4.69, 9.17) is 4.52 Å². The number of carbonyl (C=O) groups excluding carboxylic acids is 1. The quantitative estimate of drug-likeness (QED) is 0.878. The molecule has 2 rings (SSSR count). The van der Waals surface area contributed by atoms with Crippen molar-refractivity contribution in [3.05, 3.63) is 35.4 Å². The number of aromatic nitrogens is 2. The van der Waals surface area contributed by atoms with Gasteiger partial charge in [0.25, 0.3) is 5.91 Å². The largest absolute Gasteiger partial charge is 0.382 e. The fourth-order valence-electron chi connectivity index (χ4n) is 1.66. The van der Waals surface area contributed by atoms with Gasteiger partial charge in [-0.2, -0.15) is 4.98 Å². The number of aryl methyl sites for hydroxylation is 1. The van der Waals surface area contributed by atoms with Gasteiger partial charge in [-0.25, -0.2) is 4.39 Å². The summed E-state index contributed by atoms with van der Waals surface area (Å²) < 4.78 is 18.6. The summed E-state index contributed by atoms with van der Waals surface area (Å²) in [6.45, 7) is 4.16. The molecule has 6 nitrogen and oxygen atoms in total. The van der Waals surface area contributed by atoms with E-state index in [-0.39, 0.29) is 17.3 Å². The van der Waals surface area contributed by atoms with Crippen LogP contribution in [0, 0.1) is 12.7 Å². The van der Waals surface area contributed by atoms with E-state index in [1.807, 2.05) is 6.92 Å². The number of hydrogen-bond acceptors (Lipinski definition) is 5. The van der Waals surface area contributed by atoms with Crippen LogP contribution in [0.4, 0.5) is 16.1 Å². The zero-order chi connectivity index (χ0) is 14.5. The maximum Gasteiger partial charge on any atom is 0.328 e. The Bertz CT molecular complexity index is 612. The number of carbonyl (C=O) groups is 1. The number of nitrogens with zero attached hydrogens (tertiary/aromatic N) is 2. The van der Waals surface area contributed by atoms with Crippen molar-refractivity contribution in [2.75, 3.05) is 17.2 Å². The number of para-hydroxylation sites is 1. The number of rotatable bonds is 5. The average Bonchev–Trinajstić information content (AvgIpc) is 2.82. The molecule has 0 spiro atoms. The minimum absolute atomic E-state index is 0.0156. The van der Waals surface area contributed by atoms with Gasteiger partial charge in [-0.1, -0.05) is 18.1 Å². The van der Waals surface area contributed by atoms with Gasteiger partial charge in [0.15, 0.2) is 5.82 Å². The van der Waals surface area contributed by atoms with Crippen LogP contribution >= 0.6 is 0 Å². The third kappa shape index (κ3) is 3.11. The summed E-state index contributed by atoms with van der Waals surface area (Å²) >= 11 is 0. The molecule has 0 radical (unpaired) electrons. The highest BCUT2D eigenvalue weighted by Crippen LogP contribution is 2.21. The highest BCUT2D eigenvalue weighted by Gasteiger charge is 2.16. The second-order valence-corrected chi connectivity index (χ2v) is 4.19. The predicted molar refractivity (Wildman–Crippen MR) is 72.2 cm³/mol. The summed E-state index contributed by atoms with van der Waals surface area (Å²) in [5.74, 6) is -0.580. The molecule has 106 valence electrons. The van der Waals surface area contributed by atoms with E-state index in [0.717, 1.165) is 6.42 Å². The number of halogens is 1. The van der Waals surface area contributed by atoms with Crippen molar-refractivity contribution >= 4 is 17.6 Å². The average molecular weight is 278 g/mol. The van der Waals surface area contributed by atoms with Crippen LogP contribution in [0.2, 0.25) is 0 Å². The number of nitrogens with one attached hydrogen (secondary N) is 2. The lowest BCUT2D eigenvalue weighted by Crippen LogP contribution is -2.16. The maximum atomic E-state index is 13.8. The van der Waals surface area contributed by atoms with E-state index in [9.17, 15) is 9.18 Å². The van der Waals surface area contributed by atoms with Gasteiger partial charge < -0.3 is 9.84 Å². The molecule has 0 saturated heterocycles. The Balaban J connectivity index is 2.22. The van der Waals surface area contributed by atoms with Gasteiger partial charge in [-0.3, -0.25) is 10.1 Å². The summed E-state index contributed by atoms with van der Waals surface area (Å²) in [6, 6.07) is 4.28. The molecule has 0 fully saturated rings. The van der Waals surface area contributed by atoms with Crippen molar-refractivity contribution in [3.63, 3.8) is 0 Å². The van der Waals surface area contributed by atoms with Gasteiger partial charge in [-0.15, -0.1) is 0 Å². The SMILES string of the molecule is CCCNc1c(F)cccc1C(=O)Nc1nc(C)no1. The van der Waals surface area contributed by atoms with Crippen LogP contribution in [0.15, 0.2) is 22.7 Å². The molecule has 0 aliphatic heterocycles. The number of hydrogen-bond donors (Lipinski definition) is 2. The molecule has 2 aromatic rings. The lowest BCUT2D eigenvalue weighted by molar-refractivity contribution is 0.102. The molecule has 7 heteroatoms. The van der Waals surface area contributed by atoms with Crippen LogP contribution in [0.1, 0.15) is 29.5 Å². The van der Waals surface area contributed by atoms with Crippen molar-refractivity contribution < 1.29 is 13.7 Å². The van der Waals surface area contributed by atoms with Crippen molar-refractivity contribution in [3.8, 4) is 0 Å².